The van der Waals surface area contributed by atoms with Crippen LogP contribution in [0.15, 0.2) is 0 Å². The highest BCUT2D eigenvalue weighted by Crippen LogP contribution is 2.22. The highest BCUT2D eigenvalue weighted by molar-refractivity contribution is 5.74. The van der Waals surface area contributed by atoms with Crippen molar-refractivity contribution in [3.05, 3.63) is 0 Å². The summed E-state index contributed by atoms with van der Waals surface area (Å²) in [5.41, 5.74) is 0. The molecule has 1 saturated heterocycles. The maximum Gasteiger partial charge on any atom is 0.316 e. The second kappa shape index (κ2) is 3.31. The van der Waals surface area contributed by atoms with E-state index in [2.05, 4.69) is 15.5 Å². The van der Waals surface area contributed by atoms with Gasteiger partial charge in [-0.3, -0.25) is 4.90 Å². The van der Waals surface area contributed by atoms with Crippen LogP contribution in [0.4, 0.5) is 4.79 Å². The Morgan fingerprint density at radius 3 is 2.33 bits per heavy atom. The van der Waals surface area contributed by atoms with Gasteiger partial charge in [0.15, 0.2) is 0 Å². The van der Waals surface area contributed by atoms with Gasteiger partial charge < -0.3 is 10.6 Å². The molecule has 2 fully saturated rings. The van der Waals surface area contributed by atoms with Crippen molar-refractivity contribution < 1.29 is 4.79 Å². The van der Waals surface area contributed by atoms with Crippen LogP contribution in [0.3, 0.4) is 0 Å². The number of hydrogen-bond donors (Lipinski definition) is 2. The molecule has 2 rings (SSSR count). The molecular formula is C8H15N3O. The van der Waals surface area contributed by atoms with E-state index in [4.69, 9.17) is 0 Å². The van der Waals surface area contributed by atoms with Crippen LogP contribution < -0.4 is 10.6 Å². The fraction of sp³-hybridized carbons (Fsp3) is 0.875. The van der Waals surface area contributed by atoms with Crippen LogP contribution in [0.1, 0.15) is 25.7 Å². The molecule has 68 valence electrons. The van der Waals surface area contributed by atoms with Gasteiger partial charge in [0.2, 0.25) is 0 Å². The lowest BCUT2D eigenvalue weighted by atomic mass is 10.2. The summed E-state index contributed by atoms with van der Waals surface area (Å²) in [4.78, 5) is 13.1. The summed E-state index contributed by atoms with van der Waals surface area (Å²) in [6, 6.07) is 0.655. The van der Waals surface area contributed by atoms with E-state index in [-0.39, 0.29) is 6.03 Å². The molecule has 0 bridgehead atoms. The monoisotopic (exact) mass is 169 g/mol. The highest BCUT2D eigenvalue weighted by atomic mass is 16.2. The standard InChI is InChI=1S/C8H15N3O/c12-8-9-5-11(6-10-8)7-3-1-2-4-7/h7H,1-6H2,(H2,9,10,12). The number of rotatable bonds is 1. The average molecular weight is 169 g/mol. The largest absolute Gasteiger partial charge is 0.325 e. The smallest absolute Gasteiger partial charge is 0.316 e. The molecule has 12 heavy (non-hydrogen) atoms. The van der Waals surface area contributed by atoms with Gasteiger partial charge in [0.05, 0.1) is 13.3 Å². The van der Waals surface area contributed by atoms with Gasteiger partial charge in [0.1, 0.15) is 0 Å². The Morgan fingerprint density at radius 2 is 1.75 bits per heavy atom. The third-order valence-electron chi connectivity index (χ3n) is 2.73. The van der Waals surface area contributed by atoms with E-state index in [0.29, 0.717) is 6.04 Å². The Hall–Kier alpha value is -0.770. The molecule has 0 radical (unpaired) electrons. The lowest BCUT2D eigenvalue weighted by Crippen LogP contribution is -2.56. The second-order valence-corrected chi connectivity index (χ2v) is 3.53. The van der Waals surface area contributed by atoms with Crippen molar-refractivity contribution in [1.82, 2.24) is 15.5 Å². The Bertz CT molecular complexity index is 167. The lowest BCUT2D eigenvalue weighted by molar-refractivity contribution is 0.144. The molecule has 0 spiro atoms. The molecule has 4 heteroatoms. The van der Waals surface area contributed by atoms with Crippen molar-refractivity contribution in [3.63, 3.8) is 0 Å². The van der Waals surface area contributed by atoms with Crippen LogP contribution in [0, 0.1) is 0 Å². The Labute approximate surface area is 72.3 Å². The second-order valence-electron chi connectivity index (χ2n) is 3.53. The van der Waals surface area contributed by atoms with Crippen molar-refractivity contribution in [2.45, 2.75) is 31.7 Å². The summed E-state index contributed by atoms with van der Waals surface area (Å²) in [7, 11) is 0. The van der Waals surface area contributed by atoms with Crippen LogP contribution in [0.25, 0.3) is 0 Å². The van der Waals surface area contributed by atoms with E-state index in [9.17, 15) is 4.79 Å². The van der Waals surface area contributed by atoms with Gasteiger partial charge in [0.25, 0.3) is 0 Å². The quantitative estimate of drug-likeness (QED) is 0.599. The number of carbonyl (C=O) groups is 1. The number of nitrogens with zero attached hydrogens (tertiary/aromatic N) is 1. The Morgan fingerprint density at radius 1 is 1.17 bits per heavy atom. The lowest BCUT2D eigenvalue weighted by Gasteiger charge is -2.32. The van der Waals surface area contributed by atoms with E-state index in [1.165, 1.54) is 25.7 Å². The molecule has 0 aromatic rings. The summed E-state index contributed by atoms with van der Waals surface area (Å²) in [5, 5.41) is 5.57. The summed E-state index contributed by atoms with van der Waals surface area (Å²) in [6.07, 6.45) is 5.26. The fourth-order valence-corrected chi connectivity index (χ4v) is 1.99. The van der Waals surface area contributed by atoms with Crippen molar-refractivity contribution in [3.8, 4) is 0 Å². The summed E-state index contributed by atoms with van der Waals surface area (Å²) in [6.45, 7) is 1.44. The molecule has 0 unspecified atom stereocenters. The molecule has 2 amide bonds. The Kier molecular flexibility index (Phi) is 2.17. The van der Waals surface area contributed by atoms with Crippen molar-refractivity contribution >= 4 is 6.03 Å². The molecule has 0 atom stereocenters. The number of amides is 2. The zero-order chi connectivity index (χ0) is 8.39. The van der Waals surface area contributed by atoms with Crippen LogP contribution >= 0.6 is 0 Å². The summed E-state index contributed by atoms with van der Waals surface area (Å²) < 4.78 is 0. The van der Waals surface area contributed by atoms with Gasteiger partial charge in [-0.2, -0.15) is 0 Å². The van der Waals surface area contributed by atoms with Crippen LogP contribution in [-0.4, -0.2) is 30.3 Å². The van der Waals surface area contributed by atoms with Crippen LogP contribution in [-0.2, 0) is 0 Å². The van der Waals surface area contributed by atoms with E-state index in [0.717, 1.165) is 13.3 Å². The van der Waals surface area contributed by atoms with E-state index < -0.39 is 0 Å². The molecule has 1 aliphatic heterocycles. The SMILES string of the molecule is O=C1NCN(C2CCCC2)CN1. The normalized spacial score (nSPS) is 26.8. The maximum absolute atomic E-state index is 10.8. The van der Waals surface area contributed by atoms with Crippen LogP contribution in [0.2, 0.25) is 0 Å². The number of nitrogens with one attached hydrogen (secondary N) is 2. The zero-order valence-electron chi connectivity index (χ0n) is 7.18. The molecule has 1 aliphatic carbocycles. The fourth-order valence-electron chi connectivity index (χ4n) is 1.99. The van der Waals surface area contributed by atoms with Gasteiger partial charge in [-0.05, 0) is 12.8 Å². The van der Waals surface area contributed by atoms with Gasteiger partial charge in [0, 0.05) is 6.04 Å². The molecule has 4 nitrogen and oxygen atoms in total. The third kappa shape index (κ3) is 1.53. The molecular weight excluding hydrogens is 154 g/mol. The minimum Gasteiger partial charge on any atom is -0.325 e. The van der Waals surface area contributed by atoms with Gasteiger partial charge in [-0.25, -0.2) is 4.79 Å². The predicted octanol–water partition coefficient (Wildman–Crippen LogP) is 0.459. The summed E-state index contributed by atoms with van der Waals surface area (Å²) in [5.74, 6) is 0. The molecule has 0 aromatic heterocycles. The highest BCUT2D eigenvalue weighted by Gasteiger charge is 2.24. The van der Waals surface area contributed by atoms with E-state index in [1.807, 2.05) is 0 Å². The van der Waals surface area contributed by atoms with Gasteiger partial charge >= 0.3 is 6.03 Å². The number of carbonyl (C=O) groups excluding carboxylic acids is 1. The minimum absolute atomic E-state index is 0.0377. The first-order valence-corrected chi connectivity index (χ1v) is 4.62. The number of hydrogen-bond acceptors (Lipinski definition) is 2. The maximum atomic E-state index is 10.8. The number of urea groups is 1. The molecule has 1 saturated carbocycles. The molecule has 2 aliphatic rings. The van der Waals surface area contributed by atoms with Crippen molar-refractivity contribution in [2.75, 3.05) is 13.3 Å². The van der Waals surface area contributed by atoms with Gasteiger partial charge in [-0.15, -0.1) is 0 Å². The summed E-state index contributed by atoms with van der Waals surface area (Å²) >= 11 is 0. The Balaban J connectivity index is 1.84. The first-order chi connectivity index (χ1) is 5.86. The van der Waals surface area contributed by atoms with Crippen molar-refractivity contribution in [2.24, 2.45) is 0 Å². The average Bonchev–Trinajstić information content (AvgIpc) is 2.58. The van der Waals surface area contributed by atoms with Crippen LogP contribution in [0.5, 0.6) is 0 Å². The van der Waals surface area contributed by atoms with Gasteiger partial charge in [-0.1, -0.05) is 12.8 Å². The predicted molar refractivity (Wildman–Crippen MR) is 45.5 cm³/mol. The van der Waals surface area contributed by atoms with E-state index >= 15 is 0 Å². The topological polar surface area (TPSA) is 44.4 Å². The third-order valence-corrected chi connectivity index (χ3v) is 2.73. The molecule has 0 aromatic carbocycles. The van der Waals surface area contributed by atoms with E-state index in [1.54, 1.807) is 0 Å². The van der Waals surface area contributed by atoms with Crippen molar-refractivity contribution in [1.29, 1.82) is 0 Å². The molecule has 2 N–H and O–H groups in total. The minimum atomic E-state index is -0.0377. The zero-order valence-corrected chi connectivity index (χ0v) is 7.18. The first-order valence-electron chi connectivity index (χ1n) is 4.62. The molecule has 1 heterocycles. The first kappa shape index (κ1) is 7.86.